The molecule has 0 N–H and O–H groups in total. The zero-order valence-electron chi connectivity index (χ0n) is 7.14. The molecule has 2 aromatic heterocycles. The summed E-state index contributed by atoms with van der Waals surface area (Å²) < 4.78 is 1.76. The lowest BCUT2D eigenvalue weighted by molar-refractivity contribution is 0.896. The average Bonchev–Trinajstić information content (AvgIpc) is 2.61. The number of fused-ring (bicyclic) bond motifs is 1. The summed E-state index contributed by atoms with van der Waals surface area (Å²) in [5, 5.41) is 4.09. The van der Waals surface area contributed by atoms with E-state index >= 15 is 0 Å². The van der Waals surface area contributed by atoms with E-state index in [0.717, 1.165) is 24.1 Å². The smallest absolute Gasteiger partial charge is 0.154 e. The fourth-order valence-corrected chi connectivity index (χ4v) is 1.19. The van der Waals surface area contributed by atoms with Gasteiger partial charge in [0.2, 0.25) is 0 Å². The van der Waals surface area contributed by atoms with E-state index in [1.807, 2.05) is 18.5 Å². The molecule has 3 heteroatoms. The molecule has 2 rings (SSSR count). The van der Waals surface area contributed by atoms with Crippen LogP contribution in [0.2, 0.25) is 0 Å². The molecule has 0 saturated heterocycles. The Labute approximate surface area is 76.4 Å². The maximum Gasteiger partial charge on any atom is 0.154 e. The molecule has 2 aromatic rings. The van der Waals surface area contributed by atoms with Crippen molar-refractivity contribution in [3.8, 4) is 12.3 Å². The maximum atomic E-state index is 5.18. The first-order valence-corrected chi connectivity index (χ1v) is 4.12. The molecule has 0 aliphatic carbocycles. The van der Waals surface area contributed by atoms with Crippen LogP contribution in [-0.2, 0) is 6.42 Å². The molecular formula is C10H9N3. The second-order valence-corrected chi connectivity index (χ2v) is 2.80. The molecule has 0 aliphatic heterocycles. The van der Waals surface area contributed by atoms with Crippen LogP contribution in [0, 0.1) is 12.3 Å². The highest BCUT2D eigenvalue weighted by molar-refractivity contribution is 5.35. The van der Waals surface area contributed by atoms with Crippen LogP contribution in [0.15, 0.2) is 24.7 Å². The van der Waals surface area contributed by atoms with Gasteiger partial charge in [-0.15, -0.1) is 12.3 Å². The Bertz CT molecular complexity index is 450. The number of hydrogen-bond donors (Lipinski definition) is 0. The summed E-state index contributed by atoms with van der Waals surface area (Å²) in [6.07, 6.45) is 12.3. The van der Waals surface area contributed by atoms with Crippen molar-refractivity contribution in [3.63, 3.8) is 0 Å². The molecule has 0 radical (unpaired) electrons. The van der Waals surface area contributed by atoms with Gasteiger partial charge in [0, 0.05) is 24.9 Å². The molecule has 64 valence electrons. The number of hydrogen-bond acceptors (Lipinski definition) is 2. The van der Waals surface area contributed by atoms with E-state index in [9.17, 15) is 0 Å². The largest absolute Gasteiger partial charge is 0.237 e. The second kappa shape index (κ2) is 3.28. The van der Waals surface area contributed by atoms with Gasteiger partial charge in [-0.3, -0.25) is 0 Å². The Hall–Kier alpha value is -1.82. The number of rotatable bonds is 2. The van der Waals surface area contributed by atoms with Crippen LogP contribution in [-0.4, -0.2) is 14.6 Å². The monoisotopic (exact) mass is 171 g/mol. The summed E-state index contributed by atoms with van der Waals surface area (Å²) in [5.41, 5.74) is 1.98. The first-order chi connectivity index (χ1) is 6.40. The Balaban J connectivity index is 2.33. The van der Waals surface area contributed by atoms with Crippen LogP contribution in [0.1, 0.15) is 12.0 Å². The minimum atomic E-state index is 0.744. The van der Waals surface area contributed by atoms with Crippen molar-refractivity contribution >= 4 is 5.65 Å². The SMILES string of the molecule is C#CCCc1cnc2ccnn2c1. The van der Waals surface area contributed by atoms with Gasteiger partial charge in [0.05, 0.1) is 6.20 Å². The minimum absolute atomic E-state index is 0.744. The molecule has 3 nitrogen and oxygen atoms in total. The van der Waals surface area contributed by atoms with E-state index in [0.29, 0.717) is 0 Å². The number of terminal acetylenes is 1. The Morgan fingerprint density at radius 3 is 3.31 bits per heavy atom. The van der Waals surface area contributed by atoms with Crippen molar-refractivity contribution in [1.82, 2.24) is 14.6 Å². The number of aromatic nitrogens is 3. The highest BCUT2D eigenvalue weighted by Crippen LogP contribution is 2.03. The van der Waals surface area contributed by atoms with Crippen LogP contribution in [0.5, 0.6) is 0 Å². The van der Waals surface area contributed by atoms with Crippen LogP contribution in [0.3, 0.4) is 0 Å². The molecule has 13 heavy (non-hydrogen) atoms. The molecule has 2 heterocycles. The minimum Gasteiger partial charge on any atom is -0.237 e. The molecule has 0 unspecified atom stereocenters. The van der Waals surface area contributed by atoms with Crippen LogP contribution in [0.25, 0.3) is 5.65 Å². The Morgan fingerprint density at radius 2 is 2.46 bits per heavy atom. The van der Waals surface area contributed by atoms with Crippen molar-refractivity contribution in [2.24, 2.45) is 0 Å². The summed E-state index contributed by atoms with van der Waals surface area (Å²) in [6, 6.07) is 1.87. The molecule has 0 bridgehead atoms. The predicted octanol–water partition coefficient (Wildman–Crippen LogP) is 1.30. The van der Waals surface area contributed by atoms with Gasteiger partial charge in [-0.1, -0.05) is 0 Å². The zero-order chi connectivity index (χ0) is 9.10. The maximum absolute atomic E-state index is 5.18. The third-order valence-corrected chi connectivity index (χ3v) is 1.86. The number of nitrogens with zero attached hydrogens (tertiary/aromatic N) is 3. The lowest BCUT2D eigenvalue weighted by Gasteiger charge is -1.97. The summed E-state index contributed by atoms with van der Waals surface area (Å²) >= 11 is 0. The second-order valence-electron chi connectivity index (χ2n) is 2.80. The van der Waals surface area contributed by atoms with Gasteiger partial charge in [0.1, 0.15) is 0 Å². The van der Waals surface area contributed by atoms with E-state index in [-0.39, 0.29) is 0 Å². The topological polar surface area (TPSA) is 30.2 Å². The highest BCUT2D eigenvalue weighted by Gasteiger charge is 1.96. The van der Waals surface area contributed by atoms with E-state index in [4.69, 9.17) is 6.42 Å². The standard InChI is InChI=1S/C10H9N3/c1-2-3-4-9-7-11-10-5-6-12-13(10)8-9/h1,5-8H,3-4H2. The van der Waals surface area contributed by atoms with Gasteiger partial charge in [0.15, 0.2) is 5.65 Å². The van der Waals surface area contributed by atoms with Gasteiger partial charge in [-0.2, -0.15) is 5.10 Å². The van der Waals surface area contributed by atoms with E-state index in [2.05, 4.69) is 16.0 Å². The molecule has 0 atom stereocenters. The van der Waals surface area contributed by atoms with E-state index < -0.39 is 0 Å². The summed E-state index contributed by atoms with van der Waals surface area (Å²) in [4.78, 5) is 4.23. The van der Waals surface area contributed by atoms with Crippen molar-refractivity contribution in [3.05, 3.63) is 30.2 Å². The molecule has 0 amide bonds. The predicted molar refractivity (Wildman–Crippen MR) is 50.1 cm³/mol. The van der Waals surface area contributed by atoms with E-state index in [1.54, 1.807) is 10.7 Å². The molecule has 0 spiro atoms. The quantitative estimate of drug-likeness (QED) is 0.637. The van der Waals surface area contributed by atoms with Crippen LogP contribution in [0.4, 0.5) is 0 Å². The lowest BCUT2D eigenvalue weighted by Crippen LogP contribution is -1.93. The first kappa shape index (κ1) is 7.81. The summed E-state index contributed by atoms with van der Waals surface area (Å²) in [5.74, 6) is 2.60. The Morgan fingerprint density at radius 1 is 1.54 bits per heavy atom. The van der Waals surface area contributed by atoms with Gasteiger partial charge in [-0.25, -0.2) is 9.50 Å². The van der Waals surface area contributed by atoms with Crippen molar-refractivity contribution in [2.45, 2.75) is 12.8 Å². The molecule has 0 saturated carbocycles. The first-order valence-electron chi connectivity index (χ1n) is 4.12. The third kappa shape index (κ3) is 1.52. The number of aryl methyl sites for hydroxylation is 1. The molecule has 0 aromatic carbocycles. The van der Waals surface area contributed by atoms with Gasteiger partial charge in [0.25, 0.3) is 0 Å². The fraction of sp³-hybridized carbons (Fsp3) is 0.200. The van der Waals surface area contributed by atoms with Gasteiger partial charge < -0.3 is 0 Å². The van der Waals surface area contributed by atoms with Crippen molar-refractivity contribution in [1.29, 1.82) is 0 Å². The molecule has 0 fully saturated rings. The average molecular weight is 171 g/mol. The highest BCUT2D eigenvalue weighted by atomic mass is 15.2. The van der Waals surface area contributed by atoms with Crippen LogP contribution < -0.4 is 0 Å². The normalized spacial score (nSPS) is 10.1. The summed E-state index contributed by atoms with van der Waals surface area (Å²) in [7, 11) is 0. The van der Waals surface area contributed by atoms with Crippen LogP contribution >= 0.6 is 0 Å². The molecule has 0 aliphatic rings. The third-order valence-electron chi connectivity index (χ3n) is 1.86. The van der Waals surface area contributed by atoms with Gasteiger partial charge >= 0.3 is 0 Å². The summed E-state index contributed by atoms with van der Waals surface area (Å²) in [6.45, 7) is 0. The van der Waals surface area contributed by atoms with E-state index in [1.165, 1.54) is 0 Å². The van der Waals surface area contributed by atoms with Crippen molar-refractivity contribution in [2.75, 3.05) is 0 Å². The van der Waals surface area contributed by atoms with Gasteiger partial charge in [-0.05, 0) is 12.0 Å². The zero-order valence-corrected chi connectivity index (χ0v) is 7.14. The lowest BCUT2D eigenvalue weighted by atomic mass is 10.2. The Kier molecular flexibility index (Phi) is 1.97. The van der Waals surface area contributed by atoms with Crippen molar-refractivity contribution < 1.29 is 0 Å². The molecular weight excluding hydrogens is 162 g/mol. The fourth-order valence-electron chi connectivity index (χ4n) is 1.19.